The van der Waals surface area contributed by atoms with Crippen LogP contribution in [0, 0.1) is 5.92 Å². The highest BCUT2D eigenvalue weighted by molar-refractivity contribution is 5.74. The normalized spacial score (nSPS) is 13.3. The van der Waals surface area contributed by atoms with Gasteiger partial charge in [0.25, 0.3) is 0 Å². The number of hydrogen-bond acceptors (Lipinski definition) is 5. The summed E-state index contributed by atoms with van der Waals surface area (Å²) in [6, 6.07) is 10.5. The van der Waals surface area contributed by atoms with Gasteiger partial charge in [-0.2, -0.15) is 0 Å². The van der Waals surface area contributed by atoms with E-state index in [4.69, 9.17) is 14.4 Å². The second kappa shape index (κ2) is 8.32. The Balaban J connectivity index is 2.01. The molecule has 0 saturated heterocycles. The molecule has 2 atom stereocenters. The zero-order valence-electron chi connectivity index (χ0n) is 14.4. The number of ether oxygens (including phenoxy) is 1. The molecule has 0 radical (unpaired) electrons. The number of aliphatic carboxylic acids is 1. The molecule has 25 heavy (non-hydrogen) atoms. The Hall–Kier alpha value is -2.83. The fourth-order valence-electron chi connectivity index (χ4n) is 2.25. The fraction of sp³-hybridized carbons (Fsp3) is 0.389. The van der Waals surface area contributed by atoms with E-state index in [9.17, 15) is 9.59 Å². The molecule has 0 aliphatic heterocycles. The lowest BCUT2D eigenvalue weighted by Gasteiger charge is -2.19. The lowest BCUT2D eigenvalue weighted by Crippen LogP contribution is -2.32. The number of hydrogen-bond donors (Lipinski definition) is 2. The summed E-state index contributed by atoms with van der Waals surface area (Å²) in [6.07, 6.45) is -0.571. The van der Waals surface area contributed by atoms with E-state index in [0.29, 0.717) is 5.69 Å². The van der Waals surface area contributed by atoms with E-state index < -0.39 is 24.0 Å². The van der Waals surface area contributed by atoms with Gasteiger partial charge in [-0.25, -0.2) is 4.79 Å². The van der Waals surface area contributed by atoms with Crippen molar-refractivity contribution >= 4 is 12.1 Å². The van der Waals surface area contributed by atoms with Crippen molar-refractivity contribution in [2.45, 2.75) is 39.3 Å². The van der Waals surface area contributed by atoms with Gasteiger partial charge in [0.1, 0.15) is 18.2 Å². The van der Waals surface area contributed by atoms with E-state index in [1.54, 1.807) is 6.07 Å². The van der Waals surface area contributed by atoms with Gasteiger partial charge in [-0.15, -0.1) is 0 Å². The summed E-state index contributed by atoms with van der Waals surface area (Å²) in [7, 11) is 0. The Morgan fingerprint density at radius 2 is 1.92 bits per heavy atom. The van der Waals surface area contributed by atoms with Crippen LogP contribution in [0.1, 0.15) is 49.7 Å². The first kappa shape index (κ1) is 18.5. The zero-order valence-corrected chi connectivity index (χ0v) is 14.4. The third kappa shape index (κ3) is 5.07. The monoisotopic (exact) mass is 346 g/mol. The molecular formula is C18H22N2O5. The summed E-state index contributed by atoms with van der Waals surface area (Å²) in [5.41, 5.74) is 1.35. The third-order valence-electron chi connectivity index (χ3n) is 3.82. The summed E-state index contributed by atoms with van der Waals surface area (Å²) in [4.78, 5) is 23.1. The third-order valence-corrected chi connectivity index (χ3v) is 3.82. The Bertz CT molecular complexity index is 711. The van der Waals surface area contributed by atoms with E-state index in [-0.39, 0.29) is 18.3 Å². The van der Waals surface area contributed by atoms with Crippen molar-refractivity contribution in [2.75, 3.05) is 0 Å². The number of carboxylic acids is 1. The molecule has 7 nitrogen and oxygen atoms in total. The number of alkyl carbamates (subject to hydrolysis) is 1. The molecule has 1 aromatic heterocycles. The molecule has 7 heteroatoms. The number of nitrogens with zero attached hydrogens (tertiary/aromatic N) is 1. The summed E-state index contributed by atoms with van der Waals surface area (Å²) >= 11 is 0. The molecule has 1 unspecified atom stereocenters. The van der Waals surface area contributed by atoms with Crippen molar-refractivity contribution in [1.29, 1.82) is 0 Å². The Kier molecular flexibility index (Phi) is 6.16. The van der Waals surface area contributed by atoms with Crippen LogP contribution in [0.2, 0.25) is 0 Å². The van der Waals surface area contributed by atoms with Crippen LogP contribution in [-0.4, -0.2) is 22.3 Å². The first-order chi connectivity index (χ1) is 11.9. The molecule has 0 saturated carbocycles. The second-order valence-electron chi connectivity index (χ2n) is 6.14. The van der Waals surface area contributed by atoms with E-state index in [2.05, 4.69) is 10.5 Å². The zero-order chi connectivity index (χ0) is 18.4. The number of rotatable bonds is 7. The van der Waals surface area contributed by atoms with Crippen LogP contribution < -0.4 is 5.32 Å². The lowest BCUT2D eigenvalue weighted by molar-refractivity contribution is -0.138. The molecule has 2 rings (SSSR count). The van der Waals surface area contributed by atoms with Crippen molar-refractivity contribution in [3.8, 4) is 0 Å². The lowest BCUT2D eigenvalue weighted by atomic mass is 10.00. The Morgan fingerprint density at radius 1 is 1.24 bits per heavy atom. The van der Waals surface area contributed by atoms with Gasteiger partial charge in [0.2, 0.25) is 0 Å². The maximum absolute atomic E-state index is 12.1. The number of aromatic nitrogens is 1. The van der Waals surface area contributed by atoms with E-state index >= 15 is 0 Å². The van der Waals surface area contributed by atoms with Gasteiger partial charge in [0, 0.05) is 6.07 Å². The highest BCUT2D eigenvalue weighted by Gasteiger charge is 2.26. The number of carboxylic acid groups (broad SMARTS) is 1. The van der Waals surface area contributed by atoms with Crippen molar-refractivity contribution in [3.05, 3.63) is 53.4 Å². The molecule has 0 aliphatic carbocycles. The first-order valence-corrected chi connectivity index (χ1v) is 8.05. The summed E-state index contributed by atoms with van der Waals surface area (Å²) < 4.78 is 10.3. The summed E-state index contributed by atoms with van der Waals surface area (Å²) in [5.74, 6) is -1.55. The molecule has 1 heterocycles. The molecule has 0 fully saturated rings. The highest BCUT2D eigenvalue weighted by Crippen LogP contribution is 2.25. The van der Waals surface area contributed by atoms with Gasteiger partial charge >= 0.3 is 12.1 Å². The predicted octanol–water partition coefficient (Wildman–Crippen LogP) is 3.49. The molecule has 1 amide bonds. The molecule has 2 aromatic rings. The number of amides is 1. The van der Waals surface area contributed by atoms with E-state index in [1.165, 1.54) is 6.92 Å². The fourth-order valence-corrected chi connectivity index (χ4v) is 2.25. The SMILES string of the molecule is CC(C(=O)O)c1cc([C@@H](NC(=O)OCc2ccccc2)C(C)C)no1. The van der Waals surface area contributed by atoms with Crippen molar-refractivity contribution in [3.63, 3.8) is 0 Å². The number of benzene rings is 1. The van der Waals surface area contributed by atoms with Gasteiger partial charge in [-0.05, 0) is 18.4 Å². The van der Waals surface area contributed by atoms with E-state index in [1.807, 2.05) is 44.2 Å². The van der Waals surface area contributed by atoms with Crippen LogP contribution in [0.25, 0.3) is 0 Å². The molecule has 2 N–H and O–H groups in total. The van der Waals surface area contributed by atoms with Crippen LogP contribution in [0.3, 0.4) is 0 Å². The number of carbonyl (C=O) groups is 2. The minimum atomic E-state index is -1.00. The van der Waals surface area contributed by atoms with Gasteiger partial charge in [-0.1, -0.05) is 49.3 Å². The average Bonchev–Trinajstić information content (AvgIpc) is 3.07. The predicted molar refractivity (Wildman–Crippen MR) is 89.9 cm³/mol. The Labute approximate surface area is 146 Å². The van der Waals surface area contributed by atoms with Crippen LogP contribution in [0.5, 0.6) is 0 Å². The van der Waals surface area contributed by atoms with Crippen molar-refractivity contribution in [1.82, 2.24) is 10.5 Å². The van der Waals surface area contributed by atoms with Crippen molar-refractivity contribution in [2.24, 2.45) is 5.92 Å². The van der Waals surface area contributed by atoms with E-state index in [0.717, 1.165) is 5.56 Å². The number of carbonyl (C=O) groups excluding carboxylic acids is 1. The minimum absolute atomic E-state index is 0.0161. The quantitative estimate of drug-likeness (QED) is 0.796. The minimum Gasteiger partial charge on any atom is -0.481 e. The van der Waals surface area contributed by atoms with Crippen LogP contribution in [0.15, 0.2) is 40.9 Å². The molecule has 1 aromatic carbocycles. The summed E-state index contributed by atoms with van der Waals surface area (Å²) in [5, 5.41) is 15.7. The Morgan fingerprint density at radius 3 is 2.52 bits per heavy atom. The molecule has 0 aliphatic rings. The van der Waals surface area contributed by atoms with Gasteiger partial charge in [0.15, 0.2) is 5.76 Å². The second-order valence-corrected chi connectivity index (χ2v) is 6.14. The number of nitrogens with one attached hydrogen (secondary N) is 1. The standard InChI is InChI=1S/C18H22N2O5/c1-11(2)16(14-9-15(25-20-14)12(3)17(21)22)19-18(23)24-10-13-7-5-4-6-8-13/h4-9,11-12,16H,10H2,1-3H3,(H,19,23)(H,21,22)/t12?,16-/m0/s1. The van der Waals surface area contributed by atoms with Crippen LogP contribution in [0.4, 0.5) is 4.79 Å². The molecule has 134 valence electrons. The first-order valence-electron chi connectivity index (χ1n) is 8.05. The topological polar surface area (TPSA) is 102 Å². The highest BCUT2D eigenvalue weighted by atomic mass is 16.5. The van der Waals surface area contributed by atoms with Crippen molar-refractivity contribution < 1.29 is 24.0 Å². The van der Waals surface area contributed by atoms with Gasteiger partial charge < -0.3 is 19.7 Å². The van der Waals surface area contributed by atoms with Crippen LogP contribution >= 0.6 is 0 Å². The smallest absolute Gasteiger partial charge is 0.408 e. The van der Waals surface area contributed by atoms with Crippen LogP contribution in [-0.2, 0) is 16.1 Å². The molecule has 0 bridgehead atoms. The average molecular weight is 346 g/mol. The maximum Gasteiger partial charge on any atom is 0.408 e. The maximum atomic E-state index is 12.1. The van der Waals surface area contributed by atoms with Gasteiger partial charge in [-0.3, -0.25) is 4.79 Å². The largest absolute Gasteiger partial charge is 0.481 e. The molecular weight excluding hydrogens is 324 g/mol. The molecule has 0 spiro atoms. The van der Waals surface area contributed by atoms with Gasteiger partial charge in [0.05, 0.1) is 6.04 Å². The summed E-state index contributed by atoms with van der Waals surface area (Å²) in [6.45, 7) is 5.50.